The van der Waals surface area contributed by atoms with Gasteiger partial charge in [-0.15, -0.1) is 0 Å². The van der Waals surface area contributed by atoms with Gasteiger partial charge in [0.2, 0.25) is 0 Å². The van der Waals surface area contributed by atoms with Crippen molar-refractivity contribution in [3.05, 3.63) is 0 Å². The van der Waals surface area contributed by atoms with Crippen molar-refractivity contribution in [2.24, 2.45) is 11.8 Å². The van der Waals surface area contributed by atoms with Gasteiger partial charge in [-0.05, 0) is 0 Å². The third-order valence-corrected chi connectivity index (χ3v) is 2.75. The van der Waals surface area contributed by atoms with Gasteiger partial charge in [-0.25, -0.2) is 0 Å². The molecule has 2 aliphatic heterocycles. The van der Waals surface area contributed by atoms with Crippen molar-refractivity contribution < 1.29 is 14.2 Å². The van der Waals surface area contributed by atoms with Crippen LogP contribution >= 0.6 is 0 Å². The predicted molar refractivity (Wildman–Crippen MR) is 48.6 cm³/mol. The van der Waals surface area contributed by atoms with Gasteiger partial charge in [0.05, 0.1) is 38.6 Å². The Bertz CT molecular complexity index is 146. The zero-order valence-electron chi connectivity index (χ0n) is 8.36. The molecule has 0 aromatic rings. The Hall–Kier alpha value is -0.120. The molecule has 0 amide bonds. The summed E-state index contributed by atoms with van der Waals surface area (Å²) in [6.07, 6.45) is 0.931. The second-order valence-corrected chi connectivity index (χ2v) is 4.24. The van der Waals surface area contributed by atoms with E-state index < -0.39 is 0 Å². The average molecular weight is 186 g/mol. The minimum Gasteiger partial charge on any atom is -0.381 e. The van der Waals surface area contributed by atoms with Crippen LogP contribution in [-0.4, -0.2) is 38.6 Å². The van der Waals surface area contributed by atoms with E-state index >= 15 is 0 Å². The van der Waals surface area contributed by atoms with Crippen LogP contribution in [0.3, 0.4) is 0 Å². The molecular formula is C10H18O3. The lowest BCUT2D eigenvalue weighted by Crippen LogP contribution is -2.17. The normalized spacial score (nSPS) is 35.5. The van der Waals surface area contributed by atoms with Crippen molar-refractivity contribution in [2.45, 2.75) is 26.1 Å². The molecule has 0 aromatic carbocycles. The van der Waals surface area contributed by atoms with Crippen molar-refractivity contribution in [3.63, 3.8) is 0 Å². The number of rotatable bonds is 6. The van der Waals surface area contributed by atoms with E-state index in [1.54, 1.807) is 0 Å². The van der Waals surface area contributed by atoms with Crippen LogP contribution in [0.1, 0.15) is 13.8 Å². The van der Waals surface area contributed by atoms with Crippen LogP contribution in [0.25, 0.3) is 0 Å². The second-order valence-electron chi connectivity index (χ2n) is 4.24. The van der Waals surface area contributed by atoms with Crippen LogP contribution < -0.4 is 0 Å². The molecule has 0 aliphatic carbocycles. The van der Waals surface area contributed by atoms with E-state index in [1.807, 2.05) is 0 Å². The van der Waals surface area contributed by atoms with Gasteiger partial charge in [0.15, 0.2) is 0 Å². The highest BCUT2D eigenvalue weighted by molar-refractivity contribution is 4.77. The minimum absolute atomic E-state index is 0.465. The third kappa shape index (κ3) is 2.93. The highest BCUT2D eigenvalue weighted by Crippen LogP contribution is 2.22. The monoisotopic (exact) mass is 186 g/mol. The molecule has 2 heterocycles. The Kier molecular flexibility index (Phi) is 2.86. The zero-order valence-corrected chi connectivity index (χ0v) is 8.36. The SMILES string of the molecule is CC(COCC(C)C1CO1)C1CO1. The Morgan fingerprint density at radius 2 is 1.46 bits per heavy atom. The molecule has 0 spiro atoms. The fraction of sp³-hybridized carbons (Fsp3) is 1.00. The molecule has 0 N–H and O–H groups in total. The van der Waals surface area contributed by atoms with Crippen molar-refractivity contribution in [1.82, 2.24) is 0 Å². The minimum atomic E-state index is 0.465. The summed E-state index contributed by atoms with van der Waals surface area (Å²) in [5.74, 6) is 1.10. The smallest absolute Gasteiger partial charge is 0.0857 e. The largest absolute Gasteiger partial charge is 0.381 e. The van der Waals surface area contributed by atoms with E-state index in [0.717, 1.165) is 26.4 Å². The Balaban J connectivity index is 1.51. The van der Waals surface area contributed by atoms with Crippen molar-refractivity contribution >= 4 is 0 Å². The summed E-state index contributed by atoms with van der Waals surface area (Å²) in [6, 6.07) is 0. The van der Waals surface area contributed by atoms with Crippen LogP contribution in [0.15, 0.2) is 0 Å². The van der Waals surface area contributed by atoms with Crippen molar-refractivity contribution in [2.75, 3.05) is 26.4 Å². The first-order chi connectivity index (χ1) is 6.27. The lowest BCUT2D eigenvalue weighted by molar-refractivity contribution is 0.0644. The molecule has 2 saturated heterocycles. The maximum absolute atomic E-state index is 5.60. The van der Waals surface area contributed by atoms with Gasteiger partial charge in [0, 0.05) is 11.8 Å². The Morgan fingerprint density at radius 1 is 1.08 bits per heavy atom. The molecule has 3 heteroatoms. The molecular weight excluding hydrogens is 168 g/mol. The molecule has 2 aliphatic rings. The lowest BCUT2D eigenvalue weighted by atomic mass is 10.1. The molecule has 0 bridgehead atoms. The number of ether oxygens (including phenoxy) is 3. The standard InChI is InChI=1S/C10H18O3/c1-7(9-5-12-9)3-11-4-8(2)10-6-13-10/h7-10H,3-6H2,1-2H3. The van der Waals surface area contributed by atoms with Crippen LogP contribution in [0, 0.1) is 11.8 Å². The first kappa shape index (κ1) is 9.44. The van der Waals surface area contributed by atoms with Crippen molar-refractivity contribution in [3.8, 4) is 0 Å². The van der Waals surface area contributed by atoms with Crippen LogP contribution in [0.5, 0.6) is 0 Å². The predicted octanol–water partition coefficient (Wildman–Crippen LogP) is 1.07. The summed E-state index contributed by atoms with van der Waals surface area (Å²) in [4.78, 5) is 0. The third-order valence-electron chi connectivity index (χ3n) is 2.75. The summed E-state index contributed by atoms with van der Waals surface area (Å²) in [7, 11) is 0. The quantitative estimate of drug-likeness (QED) is 0.582. The number of hydrogen-bond donors (Lipinski definition) is 0. The number of hydrogen-bond acceptors (Lipinski definition) is 3. The summed E-state index contributed by atoms with van der Waals surface area (Å²) in [5.41, 5.74) is 0. The van der Waals surface area contributed by atoms with Crippen LogP contribution in [0.4, 0.5) is 0 Å². The van der Waals surface area contributed by atoms with Gasteiger partial charge in [0.1, 0.15) is 0 Å². The average Bonchev–Trinajstić information content (AvgIpc) is 2.95. The second kappa shape index (κ2) is 3.95. The molecule has 4 atom stereocenters. The highest BCUT2D eigenvalue weighted by Gasteiger charge is 2.31. The molecule has 4 unspecified atom stereocenters. The fourth-order valence-corrected chi connectivity index (χ4v) is 1.42. The molecule has 3 nitrogen and oxygen atoms in total. The van der Waals surface area contributed by atoms with E-state index in [9.17, 15) is 0 Å². The van der Waals surface area contributed by atoms with E-state index in [2.05, 4.69) is 13.8 Å². The van der Waals surface area contributed by atoms with Gasteiger partial charge < -0.3 is 14.2 Å². The topological polar surface area (TPSA) is 34.3 Å². The van der Waals surface area contributed by atoms with Gasteiger partial charge in [0.25, 0.3) is 0 Å². The van der Waals surface area contributed by atoms with Gasteiger partial charge in [-0.3, -0.25) is 0 Å². The highest BCUT2D eigenvalue weighted by atomic mass is 16.6. The summed E-state index contributed by atoms with van der Waals surface area (Å²) < 4.78 is 16.0. The summed E-state index contributed by atoms with van der Waals surface area (Å²) in [5, 5.41) is 0. The molecule has 76 valence electrons. The molecule has 13 heavy (non-hydrogen) atoms. The number of epoxide rings is 2. The van der Waals surface area contributed by atoms with Gasteiger partial charge >= 0.3 is 0 Å². The maximum Gasteiger partial charge on any atom is 0.0857 e. The summed E-state index contributed by atoms with van der Waals surface area (Å²) in [6.45, 7) is 7.84. The first-order valence-corrected chi connectivity index (χ1v) is 5.08. The molecule has 0 saturated carbocycles. The van der Waals surface area contributed by atoms with Gasteiger partial charge in [-0.1, -0.05) is 13.8 Å². The zero-order chi connectivity index (χ0) is 9.26. The maximum atomic E-state index is 5.60. The first-order valence-electron chi connectivity index (χ1n) is 5.08. The van der Waals surface area contributed by atoms with E-state index in [4.69, 9.17) is 14.2 Å². The summed E-state index contributed by atoms with van der Waals surface area (Å²) >= 11 is 0. The van der Waals surface area contributed by atoms with E-state index in [-0.39, 0.29) is 0 Å². The molecule has 0 aromatic heterocycles. The van der Waals surface area contributed by atoms with E-state index in [0.29, 0.717) is 24.0 Å². The Morgan fingerprint density at radius 3 is 1.77 bits per heavy atom. The van der Waals surface area contributed by atoms with E-state index in [1.165, 1.54) is 0 Å². The van der Waals surface area contributed by atoms with Crippen LogP contribution in [-0.2, 0) is 14.2 Å². The van der Waals surface area contributed by atoms with Gasteiger partial charge in [-0.2, -0.15) is 0 Å². The van der Waals surface area contributed by atoms with Crippen LogP contribution in [0.2, 0.25) is 0 Å². The van der Waals surface area contributed by atoms with Crippen molar-refractivity contribution in [1.29, 1.82) is 0 Å². The molecule has 2 fully saturated rings. The molecule has 0 radical (unpaired) electrons. The molecule has 2 rings (SSSR count). The Labute approximate surface area is 79.4 Å². The lowest BCUT2D eigenvalue weighted by Gasteiger charge is -2.12. The fourth-order valence-electron chi connectivity index (χ4n) is 1.42.